The summed E-state index contributed by atoms with van der Waals surface area (Å²) in [6, 6.07) is 8.25. The van der Waals surface area contributed by atoms with E-state index < -0.39 is 11.7 Å². The SMILES string of the molecule is O=C(CSc1ncc(C(F)(F)F)cc1Cl)Nc1ccc(N2CCOCC2)cc1. The number of carbonyl (C=O) groups is 1. The summed E-state index contributed by atoms with van der Waals surface area (Å²) in [7, 11) is 0. The Morgan fingerprint density at radius 1 is 1.25 bits per heavy atom. The summed E-state index contributed by atoms with van der Waals surface area (Å²) in [5.74, 6) is -0.328. The Morgan fingerprint density at radius 2 is 1.93 bits per heavy atom. The van der Waals surface area contributed by atoms with Crippen molar-refractivity contribution in [2.45, 2.75) is 11.2 Å². The highest BCUT2D eigenvalue weighted by atomic mass is 35.5. The quantitative estimate of drug-likeness (QED) is 0.714. The number of benzene rings is 1. The summed E-state index contributed by atoms with van der Waals surface area (Å²) in [6.07, 6.45) is -3.80. The van der Waals surface area contributed by atoms with Gasteiger partial charge in [-0.1, -0.05) is 23.4 Å². The minimum atomic E-state index is -4.51. The molecule has 0 spiro atoms. The number of thioether (sulfide) groups is 1. The molecule has 28 heavy (non-hydrogen) atoms. The van der Waals surface area contributed by atoms with Gasteiger partial charge in [-0.05, 0) is 30.3 Å². The van der Waals surface area contributed by atoms with Crippen LogP contribution in [0.2, 0.25) is 5.02 Å². The van der Waals surface area contributed by atoms with Gasteiger partial charge in [0.2, 0.25) is 5.91 Å². The van der Waals surface area contributed by atoms with Crippen LogP contribution in [0, 0.1) is 0 Å². The molecule has 2 heterocycles. The molecule has 0 saturated carbocycles. The van der Waals surface area contributed by atoms with Crippen LogP contribution in [0.5, 0.6) is 0 Å². The van der Waals surface area contributed by atoms with Crippen molar-refractivity contribution in [3.05, 3.63) is 47.1 Å². The number of hydrogen-bond acceptors (Lipinski definition) is 5. The molecule has 0 radical (unpaired) electrons. The van der Waals surface area contributed by atoms with Crippen LogP contribution in [0.3, 0.4) is 0 Å². The number of alkyl halides is 3. The van der Waals surface area contributed by atoms with E-state index >= 15 is 0 Å². The van der Waals surface area contributed by atoms with Crippen molar-refractivity contribution in [3.63, 3.8) is 0 Å². The van der Waals surface area contributed by atoms with Gasteiger partial charge in [-0.3, -0.25) is 4.79 Å². The highest BCUT2D eigenvalue weighted by Crippen LogP contribution is 2.33. The second kappa shape index (κ2) is 9.02. The van der Waals surface area contributed by atoms with E-state index in [0.29, 0.717) is 25.1 Å². The van der Waals surface area contributed by atoms with Crippen LogP contribution in [0.15, 0.2) is 41.6 Å². The molecule has 5 nitrogen and oxygen atoms in total. The standard InChI is InChI=1S/C18H17ClF3N3O2S/c19-15-9-12(18(20,21)22)10-23-17(15)28-11-16(26)24-13-1-3-14(4-2-13)25-5-7-27-8-6-25/h1-4,9-10H,5-8,11H2,(H,24,26). The molecular formula is C18H17ClF3N3O2S. The van der Waals surface area contributed by atoms with Crippen LogP contribution in [0.25, 0.3) is 0 Å². The Labute approximate surface area is 169 Å². The zero-order valence-corrected chi connectivity index (χ0v) is 16.2. The highest BCUT2D eigenvalue weighted by Gasteiger charge is 2.31. The fourth-order valence-corrected chi connectivity index (χ4v) is 3.59. The fourth-order valence-electron chi connectivity index (χ4n) is 2.59. The third-order valence-electron chi connectivity index (χ3n) is 4.00. The normalized spacial score (nSPS) is 14.8. The molecule has 0 aliphatic carbocycles. The van der Waals surface area contributed by atoms with Crippen LogP contribution in [0.1, 0.15) is 5.56 Å². The summed E-state index contributed by atoms with van der Waals surface area (Å²) in [5, 5.41) is 2.78. The van der Waals surface area contributed by atoms with E-state index in [0.717, 1.165) is 36.6 Å². The second-order valence-electron chi connectivity index (χ2n) is 5.99. The van der Waals surface area contributed by atoms with Gasteiger partial charge in [-0.25, -0.2) is 4.98 Å². The number of nitrogens with zero attached hydrogens (tertiary/aromatic N) is 2. The van der Waals surface area contributed by atoms with Crippen molar-refractivity contribution in [2.24, 2.45) is 0 Å². The number of ether oxygens (including phenoxy) is 1. The van der Waals surface area contributed by atoms with Crippen molar-refractivity contribution in [1.82, 2.24) is 4.98 Å². The van der Waals surface area contributed by atoms with Crippen molar-refractivity contribution < 1.29 is 22.7 Å². The third kappa shape index (κ3) is 5.52. The number of pyridine rings is 1. The molecule has 0 atom stereocenters. The molecule has 2 aromatic rings. The summed E-state index contributed by atoms with van der Waals surface area (Å²) in [4.78, 5) is 18.0. The zero-order valence-electron chi connectivity index (χ0n) is 14.6. The Morgan fingerprint density at radius 3 is 2.54 bits per heavy atom. The van der Waals surface area contributed by atoms with Gasteiger partial charge in [0.15, 0.2) is 0 Å². The van der Waals surface area contributed by atoms with Gasteiger partial charge in [0.1, 0.15) is 5.03 Å². The molecule has 1 fully saturated rings. The van der Waals surface area contributed by atoms with Gasteiger partial charge in [0.05, 0.1) is 29.6 Å². The van der Waals surface area contributed by atoms with E-state index in [1.54, 1.807) is 12.1 Å². The molecule has 0 bridgehead atoms. The monoisotopic (exact) mass is 431 g/mol. The molecule has 0 unspecified atom stereocenters. The lowest BCUT2D eigenvalue weighted by atomic mass is 10.2. The Balaban J connectivity index is 1.53. The molecule has 1 N–H and O–H groups in total. The smallest absolute Gasteiger partial charge is 0.378 e. The minimum absolute atomic E-state index is 0.0245. The molecule has 150 valence electrons. The van der Waals surface area contributed by atoms with E-state index in [9.17, 15) is 18.0 Å². The number of aromatic nitrogens is 1. The predicted octanol–water partition coefficient (Wildman–Crippen LogP) is 4.32. The lowest BCUT2D eigenvalue weighted by molar-refractivity contribution is -0.137. The van der Waals surface area contributed by atoms with E-state index in [2.05, 4.69) is 15.2 Å². The first-order valence-corrected chi connectivity index (χ1v) is 9.77. The van der Waals surface area contributed by atoms with Crippen LogP contribution in [-0.2, 0) is 15.7 Å². The lowest BCUT2D eigenvalue weighted by Crippen LogP contribution is -2.36. The minimum Gasteiger partial charge on any atom is -0.378 e. The summed E-state index contributed by atoms with van der Waals surface area (Å²) < 4.78 is 43.2. The van der Waals surface area contributed by atoms with E-state index in [-0.39, 0.29) is 21.7 Å². The number of anilines is 2. The Kier molecular flexibility index (Phi) is 6.69. The average molecular weight is 432 g/mol. The first kappa shape index (κ1) is 20.8. The molecule has 1 aliphatic heterocycles. The summed E-state index contributed by atoms with van der Waals surface area (Å²) in [5.41, 5.74) is 0.761. The molecule has 1 aromatic heterocycles. The van der Waals surface area contributed by atoms with Crippen LogP contribution in [-0.4, -0.2) is 42.9 Å². The maximum absolute atomic E-state index is 12.6. The lowest BCUT2D eigenvalue weighted by Gasteiger charge is -2.28. The van der Waals surface area contributed by atoms with Crippen LogP contribution < -0.4 is 10.2 Å². The summed E-state index contributed by atoms with van der Waals surface area (Å²) >= 11 is 6.82. The van der Waals surface area contributed by atoms with Crippen molar-refractivity contribution in [2.75, 3.05) is 42.3 Å². The van der Waals surface area contributed by atoms with Crippen molar-refractivity contribution >= 4 is 40.6 Å². The molecule has 1 aromatic carbocycles. The molecule has 1 aliphatic rings. The largest absolute Gasteiger partial charge is 0.417 e. The first-order valence-electron chi connectivity index (χ1n) is 8.41. The number of halogens is 4. The highest BCUT2D eigenvalue weighted by molar-refractivity contribution is 8.00. The van der Waals surface area contributed by atoms with Gasteiger partial charge in [0.25, 0.3) is 0 Å². The fraction of sp³-hybridized carbons (Fsp3) is 0.333. The van der Waals surface area contributed by atoms with Crippen molar-refractivity contribution in [1.29, 1.82) is 0 Å². The zero-order chi connectivity index (χ0) is 20.1. The first-order chi connectivity index (χ1) is 13.3. The van der Waals surface area contributed by atoms with E-state index in [4.69, 9.17) is 16.3 Å². The average Bonchev–Trinajstić information content (AvgIpc) is 2.67. The van der Waals surface area contributed by atoms with Crippen molar-refractivity contribution in [3.8, 4) is 0 Å². The van der Waals surface area contributed by atoms with Gasteiger partial charge in [0, 0.05) is 30.7 Å². The second-order valence-corrected chi connectivity index (χ2v) is 7.36. The van der Waals surface area contributed by atoms with E-state index in [1.807, 2.05) is 12.1 Å². The maximum Gasteiger partial charge on any atom is 0.417 e. The number of hydrogen-bond donors (Lipinski definition) is 1. The maximum atomic E-state index is 12.6. The summed E-state index contributed by atoms with van der Waals surface area (Å²) in [6.45, 7) is 3.03. The molecule has 1 saturated heterocycles. The van der Waals surface area contributed by atoms with Gasteiger partial charge in [-0.2, -0.15) is 13.2 Å². The topological polar surface area (TPSA) is 54.5 Å². The van der Waals surface area contributed by atoms with Crippen LogP contribution >= 0.6 is 23.4 Å². The van der Waals surface area contributed by atoms with Gasteiger partial charge >= 0.3 is 6.18 Å². The molecular weight excluding hydrogens is 415 g/mol. The number of amides is 1. The van der Waals surface area contributed by atoms with Gasteiger partial charge in [-0.15, -0.1) is 0 Å². The van der Waals surface area contributed by atoms with E-state index in [1.165, 1.54) is 0 Å². The van der Waals surface area contributed by atoms with Gasteiger partial charge < -0.3 is 15.0 Å². The third-order valence-corrected chi connectivity index (χ3v) is 5.41. The Hall–Kier alpha value is -1.97. The molecule has 10 heteroatoms. The Bertz CT molecular complexity index is 828. The number of carbonyl (C=O) groups excluding carboxylic acids is 1. The number of rotatable bonds is 5. The molecule has 1 amide bonds. The number of morpholine rings is 1. The number of nitrogens with one attached hydrogen (secondary N) is 1. The molecule has 3 rings (SSSR count). The predicted molar refractivity (Wildman–Crippen MR) is 103 cm³/mol. The van der Waals surface area contributed by atoms with Crippen LogP contribution in [0.4, 0.5) is 24.5 Å².